The monoisotopic (exact) mass is 517 g/mol. The summed E-state index contributed by atoms with van der Waals surface area (Å²) in [6.07, 6.45) is 1.59. The smallest absolute Gasteiger partial charge is 0.257 e. The van der Waals surface area contributed by atoms with Crippen molar-refractivity contribution in [1.82, 2.24) is 4.90 Å². The highest BCUT2D eigenvalue weighted by molar-refractivity contribution is 7.80. The van der Waals surface area contributed by atoms with Crippen molar-refractivity contribution < 1.29 is 19.1 Å². The van der Waals surface area contributed by atoms with Gasteiger partial charge in [0.25, 0.3) is 5.91 Å². The molecule has 37 heavy (non-hydrogen) atoms. The number of ether oxygens (including phenoxy) is 2. The molecule has 1 fully saturated rings. The molecule has 1 atom stereocenters. The van der Waals surface area contributed by atoms with Gasteiger partial charge in [-0.05, 0) is 79.2 Å². The summed E-state index contributed by atoms with van der Waals surface area (Å²) in [6, 6.07) is 23.7. The minimum atomic E-state index is -0.703. The maximum atomic E-state index is 13.6. The Hall–Kier alpha value is -3.91. The van der Waals surface area contributed by atoms with Gasteiger partial charge in [0.2, 0.25) is 5.91 Å². The Morgan fingerprint density at radius 1 is 1.00 bits per heavy atom. The van der Waals surface area contributed by atoms with Gasteiger partial charge in [-0.3, -0.25) is 9.59 Å². The van der Waals surface area contributed by atoms with Crippen LogP contribution in [-0.4, -0.2) is 48.1 Å². The van der Waals surface area contributed by atoms with E-state index < -0.39 is 6.04 Å². The maximum absolute atomic E-state index is 13.6. The Kier molecular flexibility index (Phi) is 8.74. The number of anilines is 2. The predicted molar refractivity (Wildman–Crippen MR) is 149 cm³/mol. The molecule has 1 aliphatic heterocycles. The molecule has 4 rings (SSSR count). The van der Waals surface area contributed by atoms with Crippen LogP contribution in [0.1, 0.15) is 25.3 Å². The van der Waals surface area contributed by atoms with Crippen LogP contribution in [-0.2, 0) is 16.0 Å². The largest absolute Gasteiger partial charge is 0.497 e. The topological polar surface area (TPSA) is 71.1 Å². The molecule has 0 bridgehead atoms. The molecule has 0 aromatic heterocycles. The van der Waals surface area contributed by atoms with Gasteiger partial charge in [0.1, 0.15) is 17.5 Å². The first-order chi connectivity index (χ1) is 18.0. The highest BCUT2D eigenvalue weighted by Gasteiger charge is 2.43. The molecule has 1 unspecified atom stereocenters. The Bertz CT molecular complexity index is 1220. The number of methoxy groups -OCH3 is 1. The summed E-state index contributed by atoms with van der Waals surface area (Å²) in [5.74, 6) is 0.934. The number of nitrogens with zero attached hydrogens (tertiary/aromatic N) is 2. The SMILES string of the molecule is CCCOc1ccc(N2C(=O)CC(N(CCc3ccc(OC)cc3)C(=S)Nc3ccccc3)C2=O)cc1. The summed E-state index contributed by atoms with van der Waals surface area (Å²) >= 11 is 5.75. The Balaban J connectivity index is 1.54. The van der Waals surface area contributed by atoms with Gasteiger partial charge in [-0.1, -0.05) is 37.3 Å². The number of carbonyl (C=O) groups excluding carboxylic acids is 2. The lowest BCUT2D eigenvalue weighted by molar-refractivity contribution is -0.122. The van der Waals surface area contributed by atoms with Crippen LogP contribution in [0, 0.1) is 0 Å². The normalized spacial score (nSPS) is 15.0. The standard InChI is InChI=1S/C29H31N3O4S/c1-3-19-36-25-15-11-23(12-16-25)32-27(33)20-26(28(32)34)31(29(37)30-22-7-5-4-6-8-22)18-17-21-9-13-24(35-2)14-10-21/h4-16,26H,3,17-20H2,1-2H3,(H,30,37). The number of hydrogen-bond donors (Lipinski definition) is 1. The van der Waals surface area contributed by atoms with Gasteiger partial charge < -0.3 is 19.7 Å². The molecule has 1 N–H and O–H groups in total. The van der Waals surface area contributed by atoms with Crippen molar-refractivity contribution in [2.45, 2.75) is 32.2 Å². The van der Waals surface area contributed by atoms with Crippen molar-refractivity contribution >= 4 is 40.5 Å². The van der Waals surface area contributed by atoms with Gasteiger partial charge in [0, 0.05) is 12.2 Å². The summed E-state index contributed by atoms with van der Waals surface area (Å²) < 4.78 is 10.9. The van der Waals surface area contributed by atoms with Crippen molar-refractivity contribution in [3.63, 3.8) is 0 Å². The molecule has 192 valence electrons. The predicted octanol–water partition coefficient (Wildman–Crippen LogP) is 5.06. The van der Waals surface area contributed by atoms with Crippen molar-refractivity contribution in [1.29, 1.82) is 0 Å². The quantitative estimate of drug-likeness (QED) is 0.298. The minimum Gasteiger partial charge on any atom is -0.497 e. The lowest BCUT2D eigenvalue weighted by atomic mass is 10.1. The second kappa shape index (κ2) is 12.4. The summed E-state index contributed by atoms with van der Waals surface area (Å²) in [7, 11) is 1.63. The third kappa shape index (κ3) is 6.46. The summed E-state index contributed by atoms with van der Waals surface area (Å²) in [5.41, 5.74) is 2.42. The second-order valence-corrected chi connectivity index (χ2v) is 9.10. The number of carbonyl (C=O) groups is 2. The Labute approximate surface area is 223 Å². The van der Waals surface area contributed by atoms with Gasteiger partial charge in [-0.15, -0.1) is 0 Å². The molecule has 1 saturated heterocycles. The van der Waals surface area contributed by atoms with Crippen LogP contribution >= 0.6 is 12.2 Å². The van der Waals surface area contributed by atoms with Crippen LogP contribution in [0.25, 0.3) is 0 Å². The first-order valence-electron chi connectivity index (χ1n) is 12.4. The molecule has 1 aliphatic rings. The van der Waals surface area contributed by atoms with E-state index in [0.717, 1.165) is 23.4 Å². The molecule has 0 spiro atoms. The number of imide groups is 1. The van der Waals surface area contributed by atoms with Crippen LogP contribution < -0.4 is 19.7 Å². The highest BCUT2D eigenvalue weighted by Crippen LogP contribution is 2.28. The van der Waals surface area contributed by atoms with Crippen LogP contribution in [0.3, 0.4) is 0 Å². The van der Waals surface area contributed by atoms with Crippen LogP contribution in [0.2, 0.25) is 0 Å². The van der Waals surface area contributed by atoms with Gasteiger partial charge in [-0.2, -0.15) is 0 Å². The van der Waals surface area contributed by atoms with Gasteiger partial charge in [0.15, 0.2) is 5.11 Å². The fourth-order valence-corrected chi connectivity index (χ4v) is 4.54. The summed E-state index contributed by atoms with van der Waals surface area (Å²) in [4.78, 5) is 29.7. The zero-order valence-electron chi connectivity index (χ0n) is 21.1. The summed E-state index contributed by atoms with van der Waals surface area (Å²) in [6.45, 7) is 3.11. The summed E-state index contributed by atoms with van der Waals surface area (Å²) in [5, 5.41) is 3.63. The van der Waals surface area contributed by atoms with E-state index in [-0.39, 0.29) is 18.2 Å². The van der Waals surface area contributed by atoms with Crippen molar-refractivity contribution in [2.24, 2.45) is 0 Å². The third-order valence-electron chi connectivity index (χ3n) is 6.15. The van der Waals surface area contributed by atoms with E-state index in [1.165, 1.54) is 4.90 Å². The van der Waals surface area contributed by atoms with Gasteiger partial charge in [-0.25, -0.2) is 4.90 Å². The van der Waals surface area contributed by atoms with E-state index in [1.54, 1.807) is 31.4 Å². The molecule has 0 aliphatic carbocycles. The van der Waals surface area contributed by atoms with Crippen LogP contribution in [0.5, 0.6) is 11.5 Å². The van der Waals surface area contributed by atoms with Crippen LogP contribution in [0.15, 0.2) is 78.9 Å². The molecule has 7 nitrogen and oxygen atoms in total. The molecule has 3 aromatic rings. The van der Waals surface area contributed by atoms with Crippen molar-refractivity contribution in [2.75, 3.05) is 30.5 Å². The number of hydrogen-bond acceptors (Lipinski definition) is 5. The highest BCUT2D eigenvalue weighted by atomic mass is 32.1. The Morgan fingerprint density at radius 2 is 1.68 bits per heavy atom. The lowest BCUT2D eigenvalue weighted by Gasteiger charge is -2.30. The average molecular weight is 518 g/mol. The molecular weight excluding hydrogens is 486 g/mol. The molecule has 0 saturated carbocycles. The molecule has 1 heterocycles. The maximum Gasteiger partial charge on any atom is 0.257 e. The van der Waals surface area contributed by atoms with E-state index in [2.05, 4.69) is 5.32 Å². The van der Waals surface area contributed by atoms with E-state index in [0.29, 0.717) is 36.1 Å². The molecule has 2 amide bonds. The molecular formula is C29H31N3O4S. The number of amides is 2. The van der Waals surface area contributed by atoms with E-state index in [4.69, 9.17) is 21.7 Å². The third-order valence-corrected chi connectivity index (χ3v) is 6.49. The van der Waals surface area contributed by atoms with Crippen LogP contribution in [0.4, 0.5) is 11.4 Å². The second-order valence-electron chi connectivity index (χ2n) is 8.72. The average Bonchev–Trinajstić information content (AvgIpc) is 3.22. The fraction of sp³-hybridized carbons (Fsp3) is 0.276. The van der Waals surface area contributed by atoms with Gasteiger partial charge >= 0.3 is 0 Å². The fourth-order valence-electron chi connectivity index (χ4n) is 4.20. The lowest BCUT2D eigenvalue weighted by Crippen LogP contribution is -2.48. The molecule has 3 aromatic carbocycles. The molecule has 0 radical (unpaired) electrons. The number of nitrogens with one attached hydrogen (secondary N) is 1. The zero-order valence-corrected chi connectivity index (χ0v) is 21.9. The number of benzene rings is 3. The van der Waals surface area contributed by atoms with Crippen molar-refractivity contribution in [3.8, 4) is 11.5 Å². The Morgan fingerprint density at radius 3 is 2.32 bits per heavy atom. The first kappa shape index (κ1) is 26.2. The van der Waals surface area contributed by atoms with E-state index >= 15 is 0 Å². The van der Waals surface area contributed by atoms with Gasteiger partial charge in [0.05, 0.1) is 25.8 Å². The zero-order chi connectivity index (χ0) is 26.2. The van der Waals surface area contributed by atoms with E-state index in [9.17, 15) is 9.59 Å². The number of thiocarbonyl (C=S) groups is 1. The molecule has 8 heteroatoms. The van der Waals surface area contributed by atoms with Crippen molar-refractivity contribution in [3.05, 3.63) is 84.4 Å². The minimum absolute atomic E-state index is 0.0478. The van der Waals surface area contributed by atoms with E-state index in [1.807, 2.05) is 66.4 Å². The number of para-hydroxylation sites is 1. The number of rotatable bonds is 10. The first-order valence-corrected chi connectivity index (χ1v) is 12.8.